The molecule has 4 heteroatoms. The molecule has 3 atom stereocenters. The van der Waals surface area contributed by atoms with Crippen molar-refractivity contribution >= 4 is 6.09 Å². The van der Waals surface area contributed by atoms with E-state index >= 15 is 0 Å². The van der Waals surface area contributed by atoms with Gasteiger partial charge in [0.25, 0.3) is 0 Å². The Morgan fingerprint density at radius 1 is 1.32 bits per heavy atom. The second kappa shape index (κ2) is 5.70. The average molecular weight is 268 g/mol. The van der Waals surface area contributed by atoms with Crippen LogP contribution in [0.4, 0.5) is 4.79 Å². The van der Waals surface area contributed by atoms with Crippen LogP contribution < -0.4 is 5.32 Å². The molecule has 2 rings (SSSR count). The number of carbonyl (C=O) groups is 1. The second-order valence-electron chi connectivity index (χ2n) is 6.87. The lowest BCUT2D eigenvalue weighted by Gasteiger charge is -2.37. The molecule has 1 saturated carbocycles. The number of hydrogen-bond donors (Lipinski definition) is 1. The molecule has 0 bridgehead atoms. The molecule has 4 nitrogen and oxygen atoms in total. The van der Waals surface area contributed by atoms with Crippen molar-refractivity contribution < 1.29 is 9.53 Å². The van der Waals surface area contributed by atoms with E-state index in [-0.39, 0.29) is 12.1 Å². The molecule has 0 aromatic heterocycles. The van der Waals surface area contributed by atoms with Crippen molar-refractivity contribution in [3.63, 3.8) is 0 Å². The third kappa shape index (κ3) is 3.41. The number of fused-ring (bicyclic) bond motifs is 1. The van der Waals surface area contributed by atoms with Crippen molar-refractivity contribution in [2.75, 3.05) is 13.1 Å². The lowest BCUT2D eigenvalue weighted by molar-refractivity contribution is 0.00352. The Bertz CT molecular complexity index is 325. The van der Waals surface area contributed by atoms with E-state index in [1.807, 2.05) is 25.7 Å². The van der Waals surface area contributed by atoms with Gasteiger partial charge in [0.05, 0.1) is 0 Å². The highest BCUT2D eigenvalue weighted by Crippen LogP contribution is 2.33. The number of rotatable bonds is 1. The van der Waals surface area contributed by atoms with E-state index in [1.54, 1.807) is 0 Å². The van der Waals surface area contributed by atoms with Gasteiger partial charge in [-0.15, -0.1) is 0 Å². The van der Waals surface area contributed by atoms with Crippen LogP contribution in [0, 0.1) is 5.92 Å². The molecular weight excluding hydrogens is 240 g/mol. The quantitative estimate of drug-likeness (QED) is 0.795. The van der Waals surface area contributed by atoms with Gasteiger partial charge in [-0.1, -0.05) is 13.3 Å². The third-order valence-electron chi connectivity index (χ3n) is 4.23. The summed E-state index contributed by atoms with van der Waals surface area (Å²) >= 11 is 0. The third-order valence-corrected chi connectivity index (χ3v) is 4.23. The van der Waals surface area contributed by atoms with Crippen molar-refractivity contribution in [1.29, 1.82) is 0 Å². The maximum absolute atomic E-state index is 12.6. The van der Waals surface area contributed by atoms with Gasteiger partial charge < -0.3 is 15.0 Å². The Balaban J connectivity index is 2.17. The van der Waals surface area contributed by atoms with Gasteiger partial charge in [0, 0.05) is 25.2 Å². The fourth-order valence-corrected chi connectivity index (χ4v) is 3.37. The van der Waals surface area contributed by atoms with Crippen LogP contribution >= 0.6 is 0 Å². The maximum atomic E-state index is 12.6. The van der Waals surface area contributed by atoms with E-state index in [0.29, 0.717) is 12.0 Å². The van der Waals surface area contributed by atoms with Crippen LogP contribution in [0.2, 0.25) is 0 Å². The summed E-state index contributed by atoms with van der Waals surface area (Å²) in [5.74, 6) is 0.601. The van der Waals surface area contributed by atoms with Crippen LogP contribution in [0.1, 0.15) is 53.4 Å². The molecule has 110 valence electrons. The fourth-order valence-electron chi connectivity index (χ4n) is 3.37. The first-order valence-corrected chi connectivity index (χ1v) is 7.64. The smallest absolute Gasteiger partial charge is 0.410 e. The SMILES string of the molecule is CCC1CNCC2CCCC2N1C(=O)OC(C)(C)C. The predicted molar refractivity (Wildman–Crippen MR) is 76.2 cm³/mol. The van der Waals surface area contributed by atoms with Gasteiger partial charge in [-0.25, -0.2) is 4.79 Å². The van der Waals surface area contributed by atoms with Crippen molar-refractivity contribution in [3.8, 4) is 0 Å². The van der Waals surface area contributed by atoms with Crippen LogP contribution in [0.25, 0.3) is 0 Å². The fraction of sp³-hybridized carbons (Fsp3) is 0.933. The van der Waals surface area contributed by atoms with Crippen LogP contribution in [0.5, 0.6) is 0 Å². The summed E-state index contributed by atoms with van der Waals surface area (Å²) in [6, 6.07) is 0.637. The molecule has 19 heavy (non-hydrogen) atoms. The van der Waals surface area contributed by atoms with Crippen LogP contribution in [-0.4, -0.2) is 41.8 Å². The van der Waals surface area contributed by atoms with Crippen LogP contribution in [-0.2, 0) is 4.74 Å². The zero-order valence-corrected chi connectivity index (χ0v) is 12.7. The average Bonchev–Trinajstić information content (AvgIpc) is 2.66. The first kappa shape index (κ1) is 14.6. The minimum Gasteiger partial charge on any atom is -0.444 e. The Morgan fingerprint density at radius 2 is 2.05 bits per heavy atom. The zero-order chi connectivity index (χ0) is 14.0. The highest BCUT2D eigenvalue weighted by molar-refractivity contribution is 5.69. The number of nitrogens with one attached hydrogen (secondary N) is 1. The first-order chi connectivity index (χ1) is 8.92. The predicted octanol–water partition coefficient (Wildman–Crippen LogP) is 2.77. The van der Waals surface area contributed by atoms with Crippen molar-refractivity contribution in [2.45, 2.75) is 71.1 Å². The van der Waals surface area contributed by atoms with Gasteiger partial charge in [0.2, 0.25) is 0 Å². The second-order valence-corrected chi connectivity index (χ2v) is 6.87. The molecule has 2 aliphatic rings. The molecular formula is C15H28N2O2. The summed E-state index contributed by atoms with van der Waals surface area (Å²) in [5.41, 5.74) is -0.413. The maximum Gasteiger partial charge on any atom is 0.410 e. The minimum atomic E-state index is -0.413. The summed E-state index contributed by atoms with van der Waals surface area (Å²) < 4.78 is 5.63. The molecule has 1 aliphatic carbocycles. The molecule has 1 heterocycles. The largest absolute Gasteiger partial charge is 0.444 e. The van der Waals surface area contributed by atoms with E-state index < -0.39 is 5.60 Å². The molecule has 2 fully saturated rings. The normalized spacial score (nSPS) is 31.8. The Hall–Kier alpha value is -0.770. The van der Waals surface area contributed by atoms with E-state index in [2.05, 4.69) is 12.2 Å². The number of nitrogens with zero attached hydrogens (tertiary/aromatic N) is 1. The molecule has 1 aliphatic heterocycles. The molecule has 1 N–H and O–H groups in total. The number of amides is 1. The van der Waals surface area contributed by atoms with Gasteiger partial charge in [-0.2, -0.15) is 0 Å². The van der Waals surface area contributed by atoms with E-state index in [1.165, 1.54) is 12.8 Å². The molecule has 0 aromatic carbocycles. The van der Waals surface area contributed by atoms with Gasteiger partial charge in [-0.3, -0.25) is 0 Å². The lowest BCUT2D eigenvalue weighted by Crippen LogP contribution is -2.50. The van der Waals surface area contributed by atoms with Crippen molar-refractivity contribution in [2.24, 2.45) is 5.92 Å². The van der Waals surface area contributed by atoms with E-state index in [4.69, 9.17) is 4.74 Å². The summed E-state index contributed by atoms with van der Waals surface area (Å²) in [4.78, 5) is 14.6. The first-order valence-electron chi connectivity index (χ1n) is 7.64. The standard InChI is InChI=1S/C15H28N2O2/c1-5-12-10-16-9-11-7-6-8-13(11)17(12)14(18)19-15(2,3)4/h11-13,16H,5-10H2,1-4H3. The van der Waals surface area contributed by atoms with E-state index in [0.717, 1.165) is 25.9 Å². The summed E-state index contributed by atoms with van der Waals surface area (Å²) in [7, 11) is 0. The topological polar surface area (TPSA) is 41.6 Å². The highest BCUT2D eigenvalue weighted by Gasteiger charge is 2.41. The van der Waals surface area contributed by atoms with Gasteiger partial charge >= 0.3 is 6.09 Å². The van der Waals surface area contributed by atoms with E-state index in [9.17, 15) is 4.79 Å². The zero-order valence-electron chi connectivity index (χ0n) is 12.7. The van der Waals surface area contributed by atoms with Crippen molar-refractivity contribution in [1.82, 2.24) is 10.2 Å². The van der Waals surface area contributed by atoms with Gasteiger partial charge in [0.15, 0.2) is 0 Å². The Morgan fingerprint density at radius 3 is 2.68 bits per heavy atom. The minimum absolute atomic E-state index is 0.125. The number of hydrogen-bond acceptors (Lipinski definition) is 3. The summed E-state index contributed by atoms with van der Waals surface area (Å²) in [5, 5.41) is 3.52. The highest BCUT2D eigenvalue weighted by atomic mass is 16.6. The molecule has 1 saturated heterocycles. The monoisotopic (exact) mass is 268 g/mol. The van der Waals surface area contributed by atoms with Gasteiger partial charge in [-0.05, 0) is 46.0 Å². The Labute approximate surface area is 116 Å². The lowest BCUT2D eigenvalue weighted by atomic mass is 10.0. The molecule has 3 unspecified atom stereocenters. The van der Waals surface area contributed by atoms with Crippen LogP contribution in [0.15, 0.2) is 0 Å². The molecule has 0 spiro atoms. The van der Waals surface area contributed by atoms with Gasteiger partial charge in [0.1, 0.15) is 5.60 Å². The number of ether oxygens (including phenoxy) is 1. The summed E-state index contributed by atoms with van der Waals surface area (Å²) in [6.45, 7) is 9.90. The van der Waals surface area contributed by atoms with Crippen LogP contribution in [0.3, 0.4) is 0 Å². The summed E-state index contributed by atoms with van der Waals surface area (Å²) in [6.07, 6.45) is 4.44. The molecule has 0 radical (unpaired) electrons. The molecule has 0 aromatic rings. The number of carbonyl (C=O) groups excluding carboxylic acids is 1. The molecule has 1 amide bonds. The Kier molecular flexibility index (Phi) is 4.39. The van der Waals surface area contributed by atoms with Crippen molar-refractivity contribution in [3.05, 3.63) is 0 Å².